The lowest BCUT2D eigenvalue weighted by atomic mass is 9.77. The van der Waals surface area contributed by atoms with Crippen LogP contribution in [0.5, 0.6) is 0 Å². The van der Waals surface area contributed by atoms with Gasteiger partial charge < -0.3 is 15.1 Å². The monoisotopic (exact) mass is 576 g/mol. The molecule has 0 aliphatic heterocycles. The quantitative estimate of drug-likeness (QED) is 0.113. The van der Waals surface area contributed by atoms with Crippen LogP contribution in [0.2, 0.25) is 0 Å². The molecule has 0 saturated heterocycles. The predicted molar refractivity (Wildman–Crippen MR) is 187 cm³/mol. The Labute approximate surface area is 259 Å². The summed E-state index contributed by atoms with van der Waals surface area (Å²) in [6.45, 7) is 23.3. The van der Waals surface area contributed by atoms with Crippen molar-refractivity contribution in [2.24, 2.45) is 0 Å². The second-order valence-corrected chi connectivity index (χ2v) is 9.94. The van der Waals surface area contributed by atoms with E-state index in [1.165, 1.54) is 0 Å². The summed E-state index contributed by atoms with van der Waals surface area (Å²) in [5.41, 5.74) is 4.87. The molecule has 0 radical (unpaired) electrons. The lowest BCUT2D eigenvalue weighted by Crippen LogP contribution is -2.36. The smallest absolute Gasteiger partial charge is 0.449 e. The molecule has 7 heteroatoms. The Morgan fingerprint density at radius 2 is 1.33 bits per heavy atom. The van der Waals surface area contributed by atoms with Gasteiger partial charge in [0.15, 0.2) is 0 Å². The fourth-order valence-corrected chi connectivity index (χ4v) is 4.76. The number of nitrogens with zero attached hydrogens (tertiary/aromatic N) is 2. The zero-order valence-corrected chi connectivity index (χ0v) is 27.3. The van der Waals surface area contributed by atoms with E-state index in [0.29, 0.717) is 5.46 Å². The second kappa shape index (κ2) is 26.2. The van der Waals surface area contributed by atoms with Crippen LogP contribution in [0.3, 0.4) is 0 Å². The maximum absolute atomic E-state index is 9.76. The Kier molecular flexibility index (Phi) is 24.7. The Morgan fingerprint density at radius 1 is 0.786 bits per heavy atom. The molecular weight excluding hydrogens is 518 g/mol. The van der Waals surface area contributed by atoms with Gasteiger partial charge in [-0.25, -0.2) is 0 Å². The van der Waals surface area contributed by atoms with Crippen molar-refractivity contribution in [2.75, 3.05) is 26.2 Å². The largest absolute Gasteiger partial charge is 0.488 e. The SMILES string of the molecule is C=C/C=C(\C=C)CN(CCCCCCN(CCCC)Cc1ccccc1B(O)O)Cc1ccccc1BO.CC.CC. The molecule has 2 aromatic carbocycles. The third-order valence-electron chi connectivity index (χ3n) is 6.94. The maximum Gasteiger partial charge on any atom is 0.488 e. The zero-order chi connectivity index (χ0) is 31.6. The van der Waals surface area contributed by atoms with Gasteiger partial charge in [-0.15, -0.1) is 0 Å². The third-order valence-corrected chi connectivity index (χ3v) is 6.94. The molecule has 0 saturated carbocycles. The maximum atomic E-state index is 9.76. The Hall–Kier alpha value is -2.41. The van der Waals surface area contributed by atoms with Gasteiger partial charge in [0.1, 0.15) is 0 Å². The average Bonchev–Trinajstić information content (AvgIpc) is 3.03. The number of benzene rings is 2. The van der Waals surface area contributed by atoms with Crippen molar-refractivity contribution in [3.8, 4) is 0 Å². The molecule has 0 aliphatic rings. The normalized spacial score (nSPS) is 10.9. The van der Waals surface area contributed by atoms with E-state index in [4.69, 9.17) is 0 Å². The predicted octanol–water partition coefficient (Wildman–Crippen LogP) is 5.35. The second-order valence-electron chi connectivity index (χ2n) is 9.94. The summed E-state index contributed by atoms with van der Waals surface area (Å²) < 4.78 is 0. The first-order valence-corrected chi connectivity index (χ1v) is 16.0. The number of allylic oxidation sites excluding steroid dienone is 2. The van der Waals surface area contributed by atoms with Crippen LogP contribution in [-0.2, 0) is 13.1 Å². The molecule has 0 unspecified atom stereocenters. The summed E-state index contributed by atoms with van der Waals surface area (Å²) in [4.78, 5) is 4.87. The summed E-state index contributed by atoms with van der Waals surface area (Å²) in [5.74, 6) is 0. The van der Waals surface area contributed by atoms with Crippen LogP contribution >= 0.6 is 0 Å². The Morgan fingerprint density at radius 3 is 1.90 bits per heavy atom. The molecule has 232 valence electrons. The van der Waals surface area contributed by atoms with Gasteiger partial charge in [-0.3, -0.25) is 9.80 Å². The van der Waals surface area contributed by atoms with Gasteiger partial charge in [0.05, 0.1) is 0 Å². The minimum absolute atomic E-state index is 0.0527. The standard InChI is InChI=1S/C31H46B2N2O3.2C2H6/c1-4-7-21-34(26-29-18-11-13-20-31(29)33(37)38)22-14-8-9-15-23-35(24-27(6-3)16-5-2)25-28-17-10-12-19-30(28)32-36;2*1-2/h5-6,10-13,16-20,32,36-38H,2-4,7-9,14-15,21-26H2,1H3;2*1-2H3/b27-16+;;. The van der Waals surface area contributed by atoms with Crippen molar-refractivity contribution in [1.82, 2.24) is 9.80 Å². The minimum atomic E-state index is -1.44. The van der Waals surface area contributed by atoms with Crippen molar-refractivity contribution >= 4 is 25.5 Å². The van der Waals surface area contributed by atoms with E-state index in [1.54, 1.807) is 12.1 Å². The van der Waals surface area contributed by atoms with Gasteiger partial charge in [0.25, 0.3) is 0 Å². The van der Waals surface area contributed by atoms with E-state index >= 15 is 0 Å². The van der Waals surface area contributed by atoms with Crippen LogP contribution in [0.25, 0.3) is 0 Å². The van der Waals surface area contributed by atoms with Crippen LogP contribution in [0.1, 0.15) is 84.3 Å². The molecule has 0 heterocycles. The first-order chi connectivity index (χ1) is 20.5. The van der Waals surface area contributed by atoms with Crippen molar-refractivity contribution in [2.45, 2.75) is 86.2 Å². The average molecular weight is 576 g/mol. The summed E-state index contributed by atoms with van der Waals surface area (Å²) in [6.07, 6.45) is 12.5. The molecule has 0 spiro atoms. The molecule has 0 amide bonds. The van der Waals surface area contributed by atoms with E-state index < -0.39 is 7.12 Å². The van der Waals surface area contributed by atoms with Gasteiger partial charge in [-0.05, 0) is 66.5 Å². The third kappa shape index (κ3) is 16.3. The van der Waals surface area contributed by atoms with Crippen molar-refractivity contribution < 1.29 is 15.1 Å². The molecular formula is C35H58B2N2O3. The highest BCUT2D eigenvalue weighted by molar-refractivity contribution is 6.59. The van der Waals surface area contributed by atoms with E-state index in [9.17, 15) is 15.1 Å². The van der Waals surface area contributed by atoms with Gasteiger partial charge in [-0.1, -0.05) is 134 Å². The number of hydrogen-bond donors (Lipinski definition) is 3. The van der Waals surface area contributed by atoms with E-state index in [0.717, 1.165) is 100.0 Å². The molecule has 3 N–H and O–H groups in total. The number of rotatable bonds is 20. The van der Waals surface area contributed by atoms with Crippen LogP contribution in [0.15, 0.2) is 85.5 Å². The van der Waals surface area contributed by atoms with Crippen LogP contribution < -0.4 is 10.9 Å². The van der Waals surface area contributed by atoms with Gasteiger partial charge in [0.2, 0.25) is 0 Å². The molecule has 2 rings (SSSR count). The summed E-state index contributed by atoms with van der Waals surface area (Å²) >= 11 is 0. The van der Waals surface area contributed by atoms with Crippen LogP contribution in [0.4, 0.5) is 0 Å². The minimum Gasteiger partial charge on any atom is -0.449 e. The van der Waals surface area contributed by atoms with Gasteiger partial charge >= 0.3 is 14.6 Å². The fourth-order valence-electron chi connectivity index (χ4n) is 4.76. The van der Waals surface area contributed by atoms with Crippen molar-refractivity contribution in [3.63, 3.8) is 0 Å². The van der Waals surface area contributed by atoms with E-state index in [1.807, 2.05) is 76.2 Å². The highest BCUT2D eigenvalue weighted by Gasteiger charge is 2.17. The Balaban J connectivity index is 0.00000402. The molecule has 2 aromatic rings. The number of unbranched alkanes of at least 4 members (excludes halogenated alkanes) is 4. The zero-order valence-electron chi connectivity index (χ0n) is 27.3. The van der Waals surface area contributed by atoms with Crippen LogP contribution in [0, 0.1) is 0 Å². The highest BCUT2D eigenvalue weighted by atomic mass is 16.4. The van der Waals surface area contributed by atoms with E-state index in [2.05, 4.69) is 35.9 Å². The molecule has 0 aliphatic carbocycles. The first-order valence-electron chi connectivity index (χ1n) is 16.0. The van der Waals surface area contributed by atoms with Crippen molar-refractivity contribution in [3.05, 3.63) is 96.6 Å². The topological polar surface area (TPSA) is 67.2 Å². The first kappa shape index (κ1) is 39.6. The number of hydrogen-bond acceptors (Lipinski definition) is 5. The molecule has 5 nitrogen and oxygen atoms in total. The lowest BCUT2D eigenvalue weighted by Gasteiger charge is -2.25. The van der Waals surface area contributed by atoms with E-state index in [-0.39, 0.29) is 7.48 Å². The van der Waals surface area contributed by atoms with Crippen molar-refractivity contribution in [1.29, 1.82) is 0 Å². The van der Waals surface area contributed by atoms with Crippen LogP contribution in [-0.4, -0.2) is 65.7 Å². The highest BCUT2D eigenvalue weighted by Crippen LogP contribution is 2.12. The molecule has 0 fully saturated rings. The Bertz CT molecular complexity index is 998. The summed E-state index contributed by atoms with van der Waals surface area (Å²) in [7, 11) is -1.38. The van der Waals surface area contributed by atoms with Gasteiger partial charge in [0, 0.05) is 19.6 Å². The summed E-state index contributed by atoms with van der Waals surface area (Å²) in [6, 6.07) is 15.7. The summed E-state index contributed by atoms with van der Waals surface area (Å²) in [5, 5.41) is 29.2. The molecule has 0 bridgehead atoms. The molecule has 42 heavy (non-hydrogen) atoms. The fraction of sp³-hybridized carbons (Fsp3) is 0.486. The molecule has 0 aromatic heterocycles. The lowest BCUT2D eigenvalue weighted by molar-refractivity contribution is 0.251. The molecule has 0 atom stereocenters. The van der Waals surface area contributed by atoms with Gasteiger partial charge in [-0.2, -0.15) is 0 Å².